The van der Waals surface area contributed by atoms with E-state index in [1.165, 1.54) is 12.1 Å². The second-order valence-electron chi connectivity index (χ2n) is 4.41. The minimum Gasteiger partial charge on any atom is -0.390 e. The lowest BCUT2D eigenvalue weighted by Crippen LogP contribution is -2.30. The van der Waals surface area contributed by atoms with Crippen molar-refractivity contribution >= 4 is 0 Å². The van der Waals surface area contributed by atoms with Gasteiger partial charge in [-0.1, -0.05) is 12.1 Å². The number of benzene rings is 1. The number of hydrogen-bond donors (Lipinski definition) is 2. The van der Waals surface area contributed by atoms with Gasteiger partial charge in [0.05, 0.1) is 11.2 Å². The van der Waals surface area contributed by atoms with Crippen molar-refractivity contribution in [3.8, 4) is 0 Å². The molecule has 3 N–H and O–H groups in total. The fraction of sp³-hybridized carbons (Fsp3) is 0.500. The first-order chi connectivity index (χ1) is 7.74. The van der Waals surface area contributed by atoms with Gasteiger partial charge in [-0.05, 0) is 37.6 Å². The molecule has 17 heavy (non-hydrogen) atoms. The third-order valence-electron chi connectivity index (χ3n) is 2.55. The van der Waals surface area contributed by atoms with Gasteiger partial charge in [0.25, 0.3) is 0 Å². The van der Waals surface area contributed by atoms with Crippen LogP contribution in [0.4, 0.5) is 13.2 Å². The molecule has 0 aliphatic heterocycles. The maximum atomic E-state index is 12.3. The largest absolute Gasteiger partial charge is 0.416 e. The van der Waals surface area contributed by atoms with Gasteiger partial charge in [-0.3, -0.25) is 0 Å². The monoisotopic (exact) mass is 247 g/mol. The van der Waals surface area contributed by atoms with Crippen molar-refractivity contribution in [1.82, 2.24) is 0 Å². The minimum atomic E-state index is -4.32. The Morgan fingerprint density at radius 3 is 2.12 bits per heavy atom. The van der Waals surface area contributed by atoms with E-state index < -0.39 is 17.3 Å². The summed E-state index contributed by atoms with van der Waals surface area (Å²) >= 11 is 0. The minimum absolute atomic E-state index is 0.294. The van der Waals surface area contributed by atoms with Crippen LogP contribution in [0.1, 0.15) is 24.5 Å². The Balaban J connectivity index is 2.75. The van der Waals surface area contributed by atoms with Gasteiger partial charge in [0.1, 0.15) is 0 Å². The lowest BCUT2D eigenvalue weighted by molar-refractivity contribution is -0.137. The third kappa shape index (κ3) is 4.36. The van der Waals surface area contributed by atoms with Crippen LogP contribution in [-0.4, -0.2) is 17.3 Å². The van der Waals surface area contributed by atoms with Gasteiger partial charge in [-0.15, -0.1) is 0 Å². The second-order valence-corrected chi connectivity index (χ2v) is 4.41. The third-order valence-corrected chi connectivity index (χ3v) is 2.55. The molecule has 0 aromatic heterocycles. The van der Waals surface area contributed by atoms with Gasteiger partial charge in [-0.2, -0.15) is 13.2 Å². The molecule has 0 bridgehead atoms. The average molecular weight is 247 g/mol. The van der Waals surface area contributed by atoms with E-state index in [4.69, 9.17) is 5.73 Å². The summed E-state index contributed by atoms with van der Waals surface area (Å²) in [5, 5.41) is 9.89. The van der Waals surface area contributed by atoms with Gasteiger partial charge in [0, 0.05) is 6.42 Å². The van der Waals surface area contributed by atoms with Gasteiger partial charge in [-0.25, -0.2) is 0 Å². The molecular weight excluding hydrogens is 231 g/mol. The van der Waals surface area contributed by atoms with Gasteiger partial charge < -0.3 is 10.8 Å². The van der Waals surface area contributed by atoms with Crippen LogP contribution in [0, 0.1) is 0 Å². The fourth-order valence-electron chi connectivity index (χ4n) is 1.65. The molecule has 1 unspecified atom stereocenters. The Morgan fingerprint density at radius 2 is 1.71 bits per heavy atom. The molecular formula is C12H16F3NO. The Labute approximate surface area is 98.3 Å². The quantitative estimate of drug-likeness (QED) is 0.857. The van der Waals surface area contributed by atoms with E-state index in [0.29, 0.717) is 24.9 Å². The summed E-state index contributed by atoms with van der Waals surface area (Å²) in [5.41, 5.74) is 4.35. The van der Waals surface area contributed by atoms with E-state index in [1.54, 1.807) is 6.92 Å². The normalized spacial score (nSPS) is 15.6. The van der Waals surface area contributed by atoms with E-state index in [0.717, 1.165) is 12.1 Å². The molecule has 0 aliphatic carbocycles. The standard InChI is InChI=1S/C12H16F3NO/c1-11(17,6-7-16)8-9-2-4-10(5-3-9)12(13,14)15/h2-5,17H,6-8,16H2,1H3. The molecule has 2 nitrogen and oxygen atoms in total. The summed E-state index contributed by atoms with van der Waals surface area (Å²) in [7, 11) is 0. The van der Waals surface area contributed by atoms with Crippen molar-refractivity contribution in [2.45, 2.75) is 31.5 Å². The topological polar surface area (TPSA) is 46.2 Å². The van der Waals surface area contributed by atoms with Crippen molar-refractivity contribution in [3.05, 3.63) is 35.4 Å². The molecule has 0 fully saturated rings. The highest BCUT2D eigenvalue weighted by Gasteiger charge is 2.30. The van der Waals surface area contributed by atoms with E-state index in [9.17, 15) is 18.3 Å². The predicted octanol–water partition coefficient (Wildman–Crippen LogP) is 2.35. The van der Waals surface area contributed by atoms with Crippen LogP contribution in [0.5, 0.6) is 0 Å². The number of nitrogens with two attached hydrogens (primary N) is 1. The molecule has 0 saturated heterocycles. The summed E-state index contributed by atoms with van der Waals surface area (Å²) in [6, 6.07) is 4.81. The molecule has 0 saturated carbocycles. The van der Waals surface area contributed by atoms with E-state index in [2.05, 4.69) is 0 Å². The van der Waals surface area contributed by atoms with Crippen LogP contribution >= 0.6 is 0 Å². The molecule has 1 rings (SSSR count). The number of rotatable bonds is 4. The summed E-state index contributed by atoms with van der Waals surface area (Å²) in [6.07, 6.45) is -3.62. The van der Waals surface area contributed by atoms with E-state index in [-0.39, 0.29) is 0 Å². The number of aliphatic hydroxyl groups is 1. The zero-order valence-corrected chi connectivity index (χ0v) is 9.59. The van der Waals surface area contributed by atoms with Crippen LogP contribution < -0.4 is 5.73 Å². The van der Waals surface area contributed by atoms with Gasteiger partial charge >= 0.3 is 6.18 Å². The number of hydrogen-bond acceptors (Lipinski definition) is 2. The number of halogens is 3. The van der Waals surface area contributed by atoms with Crippen LogP contribution in [0.15, 0.2) is 24.3 Å². The fourth-order valence-corrected chi connectivity index (χ4v) is 1.65. The summed E-state index contributed by atoms with van der Waals surface area (Å²) in [4.78, 5) is 0. The Morgan fingerprint density at radius 1 is 1.18 bits per heavy atom. The highest BCUT2D eigenvalue weighted by atomic mass is 19.4. The van der Waals surface area contributed by atoms with Crippen molar-refractivity contribution in [3.63, 3.8) is 0 Å². The lowest BCUT2D eigenvalue weighted by atomic mass is 9.93. The Kier molecular flexibility index (Phi) is 4.16. The number of alkyl halides is 3. The first-order valence-electron chi connectivity index (χ1n) is 5.33. The highest BCUT2D eigenvalue weighted by molar-refractivity contribution is 5.25. The van der Waals surface area contributed by atoms with E-state index in [1.807, 2.05) is 0 Å². The van der Waals surface area contributed by atoms with Crippen LogP contribution in [0.2, 0.25) is 0 Å². The average Bonchev–Trinajstić information content (AvgIpc) is 2.16. The van der Waals surface area contributed by atoms with Crippen LogP contribution in [0.25, 0.3) is 0 Å². The Hall–Kier alpha value is -1.07. The van der Waals surface area contributed by atoms with Crippen molar-refractivity contribution in [2.24, 2.45) is 5.73 Å². The van der Waals surface area contributed by atoms with Crippen LogP contribution in [0.3, 0.4) is 0 Å². The zero-order chi connectivity index (χ0) is 13.1. The van der Waals surface area contributed by atoms with Crippen molar-refractivity contribution in [1.29, 1.82) is 0 Å². The molecule has 0 aliphatic rings. The zero-order valence-electron chi connectivity index (χ0n) is 9.59. The molecule has 96 valence electrons. The summed E-state index contributed by atoms with van der Waals surface area (Å²) in [6.45, 7) is 1.96. The maximum Gasteiger partial charge on any atom is 0.416 e. The SMILES string of the molecule is CC(O)(CCN)Cc1ccc(C(F)(F)F)cc1. The van der Waals surface area contributed by atoms with Crippen LogP contribution in [-0.2, 0) is 12.6 Å². The van der Waals surface area contributed by atoms with Gasteiger partial charge in [0.2, 0.25) is 0 Å². The first kappa shape index (κ1) is 14.0. The smallest absolute Gasteiger partial charge is 0.390 e. The van der Waals surface area contributed by atoms with E-state index >= 15 is 0 Å². The Bertz CT molecular complexity index is 357. The van der Waals surface area contributed by atoms with Gasteiger partial charge in [0.15, 0.2) is 0 Å². The predicted molar refractivity (Wildman–Crippen MR) is 59.4 cm³/mol. The maximum absolute atomic E-state index is 12.3. The van der Waals surface area contributed by atoms with Crippen molar-refractivity contribution in [2.75, 3.05) is 6.54 Å². The molecule has 1 aromatic rings. The van der Waals surface area contributed by atoms with Crippen molar-refractivity contribution < 1.29 is 18.3 Å². The highest BCUT2D eigenvalue weighted by Crippen LogP contribution is 2.29. The molecule has 0 heterocycles. The molecule has 0 amide bonds. The molecule has 1 atom stereocenters. The summed E-state index contributed by atoms with van der Waals surface area (Å²) in [5.74, 6) is 0. The molecule has 0 radical (unpaired) electrons. The molecule has 0 spiro atoms. The lowest BCUT2D eigenvalue weighted by Gasteiger charge is -2.22. The first-order valence-corrected chi connectivity index (χ1v) is 5.33. The molecule has 5 heteroatoms. The summed E-state index contributed by atoms with van der Waals surface area (Å²) < 4.78 is 36.9. The second kappa shape index (κ2) is 5.06. The molecule has 1 aromatic carbocycles.